The smallest absolute Gasteiger partial charge is 0.271 e. The highest BCUT2D eigenvalue weighted by Crippen LogP contribution is 2.23. The van der Waals surface area contributed by atoms with Gasteiger partial charge < -0.3 is 15.4 Å². The third kappa shape index (κ3) is 4.74. The van der Waals surface area contributed by atoms with Crippen molar-refractivity contribution < 1.29 is 9.90 Å². The number of anilines is 1. The number of nitrogens with two attached hydrogens (primary N) is 1. The summed E-state index contributed by atoms with van der Waals surface area (Å²) in [7, 11) is 0. The van der Waals surface area contributed by atoms with Crippen LogP contribution in [0.5, 0.6) is 5.75 Å². The summed E-state index contributed by atoms with van der Waals surface area (Å²) >= 11 is 0. The van der Waals surface area contributed by atoms with Crippen molar-refractivity contribution >= 4 is 28.7 Å². The number of pyridine rings is 1. The summed E-state index contributed by atoms with van der Waals surface area (Å²) in [6.07, 6.45) is 7.41. The first-order valence-electron chi connectivity index (χ1n) is 11.1. The number of hydrogen-bond acceptors (Lipinski definition) is 5. The SMILES string of the molecule is Nc1cc(C(=O)N/N=C/c2cccc3c2ccn3Cc2cncc(-c3ccccc3)c2)ccc1O. The zero-order chi connectivity index (χ0) is 24.2. The van der Waals surface area contributed by atoms with Crippen molar-refractivity contribution in [1.29, 1.82) is 0 Å². The summed E-state index contributed by atoms with van der Waals surface area (Å²) in [5, 5.41) is 14.7. The Hall–Kier alpha value is -4.91. The topological polar surface area (TPSA) is 106 Å². The Labute approximate surface area is 202 Å². The van der Waals surface area contributed by atoms with Gasteiger partial charge in [-0.3, -0.25) is 9.78 Å². The molecular weight excluding hydrogens is 438 g/mol. The minimum Gasteiger partial charge on any atom is -0.506 e. The van der Waals surface area contributed by atoms with Gasteiger partial charge in [0.1, 0.15) is 5.75 Å². The van der Waals surface area contributed by atoms with Gasteiger partial charge in [0.2, 0.25) is 0 Å². The fourth-order valence-electron chi connectivity index (χ4n) is 3.98. The van der Waals surface area contributed by atoms with Gasteiger partial charge in [0.25, 0.3) is 5.91 Å². The van der Waals surface area contributed by atoms with Crippen molar-refractivity contribution in [3.8, 4) is 16.9 Å². The zero-order valence-electron chi connectivity index (χ0n) is 18.8. The number of rotatable bonds is 6. The number of nitrogens with zero attached hydrogens (tertiary/aromatic N) is 3. The second-order valence-electron chi connectivity index (χ2n) is 8.14. The van der Waals surface area contributed by atoms with Crippen LogP contribution in [0.15, 0.2) is 103 Å². The van der Waals surface area contributed by atoms with Crippen molar-refractivity contribution in [2.24, 2.45) is 5.10 Å². The third-order valence-electron chi connectivity index (χ3n) is 5.76. The first kappa shape index (κ1) is 21.9. The Bertz CT molecular complexity index is 1540. The highest BCUT2D eigenvalue weighted by molar-refractivity contribution is 6.00. The van der Waals surface area contributed by atoms with E-state index in [1.54, 1.807) is 6.21 Å². The lowest BCUT2D eigenvalue weighted by Gasteiger charge is -2.08. The molecule has 172 valence electrons. The predicted molar refractivity (Wildman–Crippen MR) is 138 cm³/mol. The molecule has 1 amide bonds. The quantitative estimate of drug-likeness (QED) is 0.146. The molecule has 5 rings (SSSR count). The number of phenolic OH excluding ortho intramolecular Hbond substituents is 1. The number of fused-ring (bicyclic) bond motifs is 1. The highest BCUT2D eigenvalue weighted by Gasteiger charge is 2.09. The van der Waals surface area contributed by atoms with Gasteiger partial charge in [-0.1, -0.05) is 42.5 Å². The Morgan fingerprint density at radius 1 is 1.00 bits per heavy atom. The molecule has 7 nitrogen and oxygen atoms in total. The number of hydrazone groups is 1. The first-order chi connectivity index (χ1) is 17.1. The Morgan fingerprint density at radius 3 is 2.69 bits per heavy atom. The predicted octanol–water partition coefficient (Wildman–Crippen LogP) is 4.80. The molecule has 2 aromatic heterocycles. The average Bonchev–Trinajstić information content (AvgIpc) is 3.30. The van der Waals surface area contributed by atoms with E-state index in [2.05, 4.69) is 44.3 Å². The van der Waals surface area contributed by atoms with Gasteiger partial charge in [0, 0.05) is 52.7 Å². The van der Waals surface area contributed by atoms with Crippen LogP contribution < -0.4 is 11.2 Å². The molecule has 7 heteroatoms. The molecule has 0 saturated carbocycles. The minimum absolute atomic E-state index is 0.0659. The van der Waals surface area contributed by atoms with E-state index in [0.717, 1.165) is 33.2 Å². The maximum Gasteiger partial charge on any atom is 0.271 e. The Kier molecular flexibility index (Phi) is 5.96. The molecule has 5 aromatic rings. The van der Waals surface area contributed by atoms with E-state index in [-0.39, 0.29) is 11.4 Å². The lowest BCUT2D eigenvalue weighted by molar-refractivity contribution is 0.0955. The van der Waals surface area contributed by atoms with Crippen molar-refractivity contribution in [3.05, 3.63) is 114 Å². The van der Waals surface area contributed by atoms with Gasteiger partial charge in [-0.25, -0.2) is 5.43 Å². The normalized spacial score (nSPS) is 11.2. The van der Waals surface area contributed by atoms with Crippen LogP contribution >= 0.6 is 0 Å². The van der Waals surface area contributed by atoms with Gasteiger partial charge in [0.15, 0.2) is 0 Å². The molecule has 0 unspecified atom stereocenters. The van der Waals surface area contributed by atoms with Crippen LogP contribution in [0.25, 0.3) is 22.0 Å². The highest BCUT2D eigenvalue weighted by atomic mass is 16.3. The molecular formula is C28H23N5O2. The number of nitrogens with one attached hydrogen (secondary N) is 1. The van der Waals surface area contributed by atoms with Crippen molar-refractivity contribution in [3.63, 3.8) is 0 Å². The molecule has 0 fully saturated rings. The Balaban J connectivity index is 1.34. The number of carbonyl (C=O) groups is 1. The molecule has 0 bridgehead atoms. The van der Waals surface area contributed by atoms with Crippen molar-refractivity contribution in [2.45, 2.75) is 6.54 Å². The number of benzene rings is 3. The van der Waals surface area contributed by atoms with E-state index in [9.17, 15) is 9.90 Å². The van der Waals surface area contributed by atoms with Gasteiger partial charge in [-0.2, -0.15) is 5.10 Å². The van der Waals surface area contributed by atoms with Crippen molar-refractivity contribution in [1.82, 2.24) is 15.0 Å². The molecule has 3 aromatic carbocycles. The number of amides is 1. The van der Waals surface area contributed by atoms with E-state index in [4.69, 9.17) is 5.73 Å². The average molecular weight is 462 g/mol. The van der Waals surface area contributed by atoms with Crippen LogP contribution in [0.4, 0.5) is 5.69 Å². The summed E-state index contributed by atoms with van der Waals surface area (Å²) in [6.45, 7) is 0.677. The second-order valence-corrected chi connectivity index (χ2v) is 8.14. The maximum atomic E-state index is 12.3. The number of phenols is 1. The van der Waals surface area contributed by atoms with E-state index in [0.29, 0.717) is 12.1 Å². The molecule has 0 aliphatic heterocycles. The lowest BCUT2D eigenvalue weighted by Crippen LogP contribution is -2.17. The molecule has 2 heterocycles. The molecule has 0 spiro atoms. The fourth-order valence-corrected chi connectivity index (χ4v) is 3.98. The number of aromatic nitrogens is 2. The van der Waals surface area contributed by atoms with Crippen LogP contribution in [0.2, 0.25) is 0 Å². The number of aromatic hydroxyl groups is 1. The van der Waals surface area contributed by atoms with Crippen LogP contribution in [0, 0.1) is 0 Å². The number of nitrogen functional groups attached to an aromatic ring is 1. The molecule has 0 atom stereocenters. The second kappa shape index (κ2) is 9.52. The molecule has 0 aliphatic rings. The van der Waals surface area contributed by atoms with Gasteiger partial charge in [0.05, 0.1) is 11.9 Å². The van der Waals surface area contributed by atoms with E-state index < -0.39 is 5.91 Å². The summed E-state index contributed by atoms with van der Waals surface area (Å²) in [5.41, 5.74) is 13.9. The summed E-state index contributed by atoms with van der Waals surface area (Å²) in [5.74, 6) is -0.479. The van der Waals surface area contributed by atoms with Gasteiger partial charge >= 0.3 is 0 Å². The largest absolute Gasteiger partial charge is 0.506 e. The first-order valence-corrected chi connectivity index (χ1v) is 11.1. The van der Waals surface area contributed by atoms with E-state index in [1.165, 1.54) is 18.2 Å². The maximum absolute atomic E-state index is 12.3. The summed E-state index contributed by atoms with van der Waals surface area (Å²) in [6, 6.07) is 24.6. The standard InChI is InChI=1S/C28H23N5O2/c29-25-14-21(9-10-27(25)34)28(35)32-31-17-22-7-4-8-26-24(22)11-12-33(26)18-19-13-23(16-30-15-19)20-5-2-1-3-6-20/h1-17,34H,18,29H2,(H,32,35)/b31-17+. The van der Waals surface area contributed by atoms with E-state index >= 15 is 0 Å². The monoisotopic (exact) mass is 461 g/mol. The van der Waals surface area contributed by atoms with Gasteiger partial charge in [-0.05, 0) is 47.5 Å². The van der Waals surface area contributed by atoms with Crippen molar-refractivity contribution in [2.75, 3.05) is 5.73 Å². The van der Waals surface area contributed by atoms with Crippen LogP contribution in [-0.4, -0.2) is 26.8 Å². The summed E-state index contributed by atoms with van der Waals surface area (Å²) < 4.78 is 2.16. The molecule has 0 radical (unpaired) electrons. The lowest BCUT2D eigenvalue weighted by atomic mass is 10.1. The molecule has 0 saturated heterocycles. The molecule has 0 aliphatic carbocycles. The van der Waals surface area contributed by atoms with Crippen LogP contribution in [0.1, 0.15) is 21.5 Å². The number of hydrogen-bond donors (Lipinski definition) is 3. The fraction of sp³-hybridized carbons (Fsp3) is 0.0357. The van der Waals surface area contributed by atoms with Gasteiger partial charge in [-0.15, -0.1) is 0 Å². The van der Waals surface area contributed by atoms with Crippen LogP contribution in [0.3, 0.4) is 0 Å². The minimum atomic E-state index is -0.413. The van der Waals surface area contributed by atoms with Crippen LogP contribution in [-0.2, 0) is 6.54 Å². The zero-order valence-corrected chi connectivity index (χ0v) is 18.8. The summed E-state index contributed by atoms with van der Waals surface area (Å²) in [4.78, 5) is 16.8. The molecule has 35 heavy (non-hydrogen) atoms. The Morgan fingerprint density at radius 2 is 1.86 bits per heavy atom. The molecule has 4 N–H and O–H groups in total. The third-order valence-corrected chi connectivity index (χ3v) is 5.76. The van der Waals surface area contributed by atoms with E-state index in [1.807, 2.05) is 55.0 Å². The number of carbonyl (C=O) groups excluding carboxylic acids is 1.